The van der Waals surface area contributed by atoms with Gasteiger partial charge in [-0.25, -0.2) is 4.39 Å². The standard InChI is InChI=1S/C14H22FN/c1-3-5-12(4-2)10-16-11-13-6-8-14(15)9-7-13/h6-9,12,16H,3-5,10-11H2,1-2H3. The summed E-state index contributed by atoms with van der Waals surface area (Å²) in [6.45, 7) is 6.35. The van der Waals surface area contributed by atoms with Crippen molar-refractivity contribution in [1.82, 2.24) is 5.32 Å². The van der Waals surface area contributed by atoms with Gasteiger partial charge in [-0.05, 0) is 36.6 Å². The van der Waals surface area contributed by atoms with Crippen molar-refractivity contribution < 1.29 is 4.39 Å². The summed E-state index contributed by atoms with van der Waals surface area (Å²) in [7, 11) is 0. The number of rotatable bonds is 7. The Hall–Kier alpha value is -0.890. The predicted octanol–water partition coefficient (Wildman–Crippen LogP) is 3.74. The van der Waals surface area contributed by atoms with Crippen molar-refractivity contribution >= 4 is 0 Å². The Bertz CT molecular complexity index is 281. The Labute approximate surface area is 98.1 Å². The van der Waals surface area contributed by atoms with Crippen molar-refractivity contribution in [2.75, 3.05) is 6.54 Å². The average Bonchev–Trinajstić information content (AvgIpc) is 2.30. The van der Waals surface area contributed by atoms with Gasteiger partial charge in [-0.2, -0.15) is 0 Å². The molecule has 1 N–H and O–H groups in total. The first-order chi connectivity index (χ1) is 7.76. The highest BCUT2D eigenvalue weighted by atomic mass is 19.1. The molecule has 1 aromatic carbocycles. The van der Waals surface area contributed by atoms with Gasteiger partial charge in [0.15, 0.2) is 0 Å². The summed E-state index contributed by atoms with van der Waals surface area (Å²) in [6.07, 6.45) is 3.76. The van der Waals surface area contributed by atoms with Crippen molar-refractivity contribution in [2.24, 2.45) is 5.92 Å². The van der Waals surface area contributed by atoms with Crippen molar-refractivity contribution in [1.29, 1.82) is 0 Å². The van der Waals surface area contributed by atoms with Gasteiger partial charge in [0.05, 0.1) is 0 Å². The smallest absolute Gasteiger partial charge is 0.123 e. The lowest BCUT2D eigenvalue weighted by Crippen LogP contribution is -2.22. The van der Waals surface area contributed by atoms with Crippen molar-refractivity contribution in [2.45, 2.75) is 39.7 Å². The van der Waals surface area contributed by atoms with E-state index in [4.69, 9.17) is 0 Å². The normalized spacial score (nSPS) is 12.7. The second kappa shape index (κ2) is 7.39. The predicted molar refractivity (Wildman–Crippen MR) is 66.8 cm³/mol. The van der Waals surface area contributed by atoms with Crippen LogP contribution in [0.3, 0.4) is 0 Å². The van der Waals surface area contributed by atoms with Gasteiger partial charge in [-0.15, -0.1) is 0 Å². The molecule has 1 aromatic rings. The molecule has 0 aromatic heterocycles. The zero-order valence-corrected chi connectivity index (χ0v) is 10.3. The van der Waals surface area contributed by atoms with E-state index in [1.54, 1.807) is 0 Å². The fourth-order valence-electron chi connectivity index (χ4n) is 1.88. The summed E-state index contributed by atoms with van der Waals surface area (Å²) >= 11 is 0. The largest absolute Gasteiger partial charge is 0.312 e. The van der Waals surface area contributed by atoms with Gasteiger partial charge in [-0.3, -0.25) is 0 Å². The third kappa shape index (κ3) is 4.75. The van der Waals surface area contributed by atoms with E-state index in [1.807, 2.05) is 12.1 Å². The summed E-state index contributed by atoms with van der Waals surface area (Å²) < 4.78 is 12.7. The minimum Gasteiger partial charge on any atom is -0.312 e. The molecule has 0 aliphatic heterocycles. The molecular weight excluding hydrogens is 201 g/mol. The highest BCUT2D eigenvalue weighted by molar-refractivity contribution is 5.15. The number of benzene rings is 1. The molecule has 0 aliphatic carbocycles. The highest BCUT2D eigenvalue weighted by Crippen LogP contribution is 2.09. The second-order valence-electron chi connectivity index (χ2n) is 4.32. The van der Waals surface area contributed by atoms with E-state index in [0.717, 1.165) is 24.6 Å². The Morgan fingerprint density at radius 2 is 1.88 bits per heavy atom. The second-order valence-corrected chi connectivity index (χ2v) is 4.32. The van der Waals surface area contributed by atoms with Crippen LogP contribution in [0.2, 0.25) is 0 Å². The van der Waals surface area contributed by atoms with Crippen LogP contribution in [0, 0.1) is 11.7 Å². The van der Waals surface area contributed by atoms with Crippen LogP contribution in [0.25, 0.3) is 0 Å². The third-order valence-corrected chi connectivity index (χ3v) is 2.95. The molecule has 2 heteroatoms. The molecule has 0 heterocycles. The maximum atomic E-state index is 12.7. The molecule has 0 amide bonds. The minimum atomic E-state index is -0.166. The topological polar surface area (TPSA) is 12.0 Å². The van der Waals surface area contributed by atoms with Crippen LogP contribution in [0.15, 0.2) is 24.3 Å². The van der Waals surface area contributed by atoms with E-state index in [2.05, 4.69) is 19.2 Å². The van der Waals surface area contributed by atoms with Crippen LogP contribution in [0.1, 0.15) is 38.7 Å². The summed E-state index contributed by atoms with van der Waals surface area (Å²) in [6, 6.07) is 6.70. The summed E-state index contributed by atoms with van der Waals surface area (Å²) in [5.41, 5.74) is 1.15. The van der Waals surface area contributed by atoms with E-state index in [1.165, 1.54) is 31.4 Å². The molecule has 16 heavy (non-hydrogen) atoms. The Balaban J connectivity index is 2.26. The molecule has 0 saturated carbocycles. The molecule has 1 atom stereocenters. The van der Waals surface area contributed by atoms with Gasteiger partial charge < -0.3 is 5.32 Å². The van der Waals surface area contributed by atoms with Gasteiger partial charge in [0.2, 0.25) is 0 Å². The minimum absolute atomic E-state index is 0.166. The quantitative estimate of drug-likeness (QED) is 0.742. The molecule has 0 saturated heterocycles. The van der Waals surface area contributed by atoms with Crippen LogP contribution in [-0.4, -0.2) is 6.54 Å². The van der Waals surface area contributed by atoms with Crippen molar-refractivity contribution in [3.05, 3.63) is 35.6 Å². The fraction of sp³-hybridized carbons (Fsp3) is 0.571. The van der Waals surface area contributed by atoms with Crippen molar-refractivity contribution in [3.63, 3.8) is 0 Å². The van der Waals surface area contributed by atoms with Gasteiger partial charge in [0.1, 0.15) is 5.82 Å². The van der Waals surface area contributed by atoms with E-state index in [0.29, 0.717) is 0 Å². The SMILES string of the molecule is CCCC(CC)CNCc1ccc(F)cc1. The molecule has 1 rings (SSSR count). The monoisotopic (exact) mass is 223 g/mol. The third-order valence-electron chi connectivity index (χ3n) is 2.95. The van der Waals surface area contributed by atoms with Crippen LogP contribution in [0.4, 0.5) is 4.39 Å². The summed E-state index contributed by atoms with van der Waals surface area (Å²) in [5.74, 6) is 0.603. The molecular formula is C14H22FN. The van der Waals surface area contributed by atoms with Gasteiger partial charge in [-0.1, -0.05) is 38.8 Å². The zero-order valence-electron chi connectivity index (χ0n) is 10.3. The number of hydrogen-bond donors (Lipinski definition) is 1. The molecule has 0 spiro atoms. The zero-order chi connectivity index (χ0) is 11.8. The van der Waals surface area contributed by atoms with E-state index < -0.39 is 0 Å². The lowest BCUT2D eigenvalue weighted by Gasteiger charge is -2.14. The first kappa shape index (κ1) is 13.2. The molecule has 0 radical (unpaired) electrons. The van der Waals surface area contributed by atoms with Crippen LogP contribution in [0.5, 0.6) is 0 Å². The van der Waals surface area contributed by atoms with E-state index in [-0.39, 0.29) is 5.82 Å². The van der Waals surface area contributed by atoms with E-state index in [9.17, 15) is 4.39 Å². The fourth-order valence-corrected chi connectivity index (χ4v) is 1.88. The Morgan fingerprint density at radius 3 is 2.44 bits per heavy atom. The number of halogens is 1. The molecule has 0 bridgehead atoms. The molecule has 1 nitrogen and oxygen atoms in total. The molecule has 90 valence electrons. The highest BCUT2D eigenvalue weighted by Gasteiger charge is 2.03. The Kier molecular flexibility index (Phi) is 6.09. The summed E-state index contributed by atoms with van der Waals surface area (Å²) in [5, 5.41) is 3.43. The van der Waals surface area contributed by atoms with Gasteiger partial charge in [0, 0.05) is 6.54 Å². The van der Waals surface area contributed by atoms with Gasteiger partial charge >= 0.3 is 0 Å². The Morgan fingerprint density at radius 1 is 1.19 bits per heavy atom. The van der Waals surface area contributed by atoms with Crippen LogP contribution >= 0.6 is 0 Å². The average molecular weight is 223 g/mol. The van der Waals surface area contributed by atoms with Crippen LogP contribution < -0.4 is 5.32 Å². The lowest BCUT2D eigenvalue weighted by molar-refractivity contribution is 0.428. The van der Waals surface area contributed by atoms with Crippen LogP contribution in [-0.2, 0) is 6.54 Å². The summed E-state index contributed by atoms with van der Waals surface area (Å²) in [4.78, 5) is 0. The maximum absolute atomic E-state index is 12.7. The van der Waals surface area contributed by atoms with E-state index >= 15 is 0 Å². The number of hydrogen-bond acceptors (Lipinski definition) is 1. The number of nitrogens with one attached hydrogen (secondary N) is 1. The maximum Gasteiger partial charge on any atom is 0.123 e. The molecule has 0 aliphatic rings. The van der Waals surface area contributed by atoms with Gasteiger partial charge in [0.25, 0.3) is 0 Å². The van der Waals surface area contributed by atoms with Crippen molar-refractivity contribution in [3.8, 4) is 0 Å². The lowest BCUT2D eigenvalue weighted by atomic mass is 10.0. The first-order valence-corrected chi connectivity index (χ1v) is 6.21. The molecule has 0 fully saturated rings. The molecule has 1 unspecified atom stereocenters. The first-order valence-electron chi connectivity index (χ1n) is 6.21.